The van der Waals surface area contributed by atoms with Gasteiger partial charge in [0, 0.05) is 26.0 Å². The van der Waals surface area contributed by atoms with Crippen LogP contribution in [0.4, 0.5) is 4.39 Å². The Morgan fingerprint density at radius 1 is 1.17 bits per heavy atom. The zero-order chi connectivity index (χ0) is 19.8. The van der Waals surface area contributed by atoms with Gasteiger partial charge in [0.15, 0.2) is 5.96 Å². The van der Waals surface area contributed by atoms with Crippen molar-refractivity contribution in [3.8, 4) is 11.4 Å². The van der Waals surface area contributed by atoms with E-state index in [9.17, 15) is 4.39 Å². The number of imidazole rings is 1. The molecule has 0 saturated carbocycles. The van der Waals surface area contributed by atoms with Crippen LogP contribution < -0.4 is 15.4 Å². The zero-order valence-corrected chi connectivity index (χ0v) is 18.7. The van der Waals surface area contributed by atoms with E-state index < -0.39 is 0 Å². The molecule has 0 spiro atoms. The summed E-state index contributed by atoms with van der Waals surface area (Å²) in [5.41, 5.74) is 2.19. The molecule has 1 aromatic heterocycles. The summed E-state index contributed by atoms with van der Waals surface area (Å²) >= 11 is 0. The van der Waals surface area contributed by atoms with Crippen LogP contribution in [0.25, 0.3) is 5.69 Å². The van der Waals surface area contributed by atoms with Gasteiger partial charge in [-0.3, -0.25) is 4.99 Å². The summed E-state index contributed by atoms with van der Waals surface area (Å²) in [7, 11) is 1.72. The lowest BCUT2D eigenvalue weighted by atomic mass is 10.1. The van der Waals surface area contributed by atoms with Gasteiger partial charge in [-0.1, -0.05) is 18.2 Å². The summed E-state index contributed by atoms with van der Waals surface area (Å²) in [5.74, 6) is 1.03. The number of hydrogen-bond acceptors (Lipinski definition) is 3. The summed E-state index contributed by atoms with van der Waals surface area (Å²) < 4.78 is 20.7. The number of aromatic nitrogens is 2. The standard InChI is InChI=1S/C21H24FN5O.HI/c1-16(28-19-9-7-18(22)8-10-19)13-25-21(23-2)26-14-17-5-3-4-6-20(17)27-12-11-24-15-27;/h3-12,15-16H,13-14H2,1-2H3,(H2,23,25,26);1H. The van der Waals surface area contributed by atoms with Crippen molar-refractivity contribution >= 4 is 29.9 Å². The minimum atomic E-state index is -0.279. The van der Waals surface area contributed by atoms with Gasteiger partial charge in [0.2, 0.25) is 0 Å². The summed E-state index contributed by atoms with van der Waals surface area (Å²) in [6.45, 7) is 3.11. The van der Waals surface area contributed by atoms with Crippen molar-refractivity contribution in [2.75, 3.05) is 13.6 Å². The number of halogens is 2. The molecule has 0 amide bonds. The second kappa shape index (κ2) is 11.4. The van der Waals surface area contributed by atoms with Crippen molar-refractivity contribution < 1.29 is 9.13 Å². The Morgan fingerprint density at radius 2 is 1.93 bits per heavy atom. The van der Waals surface area contributed by atoms with Crippen LogP contribution in [0.1, 0.15) is 12.5 Å². The number of para-hydroxylation sites is 1. The molecule has 0 saturated heterocycles. The van der Waals surface area contributed by atoms with Crippen LogP contribution in [0.5, 0.6) is 5.75 Å². The molecule has 0 bridgehead atoms. The van der Waals surface area contributed by atoms with Gasteiger partial charge in [0.1, 0.15) is 17.7 Å². The quantitative estimate of drug-likeness (QED) is 0.289. The van der Waals surface area contributed by atoms with Crippen LogP contribution >= 0.6 is 24.0 Å². The number of aliphatic imine (C=N–C) groups is 1. The zero-order valence-electron chi connectivity index (χ0n) is 16.4. The molecule has 6 nitrogen and oxygen atoms in total. The number of rotatable bonds is 7. The topological polar surface area (TPSA) is 63.5 Å². The van der Waals surface area contributed by atoms with E-state index in [1.54, 1.807) is 31.7 Å². The number of benzene rings is 2. The molecule has 2 N–H and O–H groups in total. The fraction of sp³-hybridized carbons (Fsp3) is 0.238. The van der Waals surface area contributed by atoms with Crippen LogP contribution in [0.2, 0.25) is 0 Å². The lowest BCUT2D eigenvalue weighted by Crippen LogP contribution is -2.41. The minimum Gasteiger partial charge on any atom is -0.489 e. The van der Waals surface area contributed by atoms with Crippen LogP contribution in [0.15, 0.2) is 72.2 Å². The fourth-order valence-corrected chi connectivity index (χ4v) is 2.74. The molecule has 3 rings (SSSR count). The molecule has 3 aromatic rings. The third kappa shape index (κ3) is 6.74. The predicted octanol–water partition coefficient (Wildman–Crippen LogP) is 3.76. The molecule has 0 fully saturated rings. The smallest absolute Gasteiger partial charge is 0.191 e. The van der Waals surface area contributed by atoms with Crippen molar-refractivity contribution in [2.45, 2.75) is 19.6 Å². The highest BCUT2D eigenvalue weighted by atomic mass is 127. The van der Waals surface area contributed by atoms with E-state index in [2.05, 4.69) is 26.7 Å². The molecule has 154 valence electrons. The second-order valence-corrected chi connectivity index (χ2v) is 6.29. The number of guanidine groups is 1. The average molecular weight is 509 g/mol. The first-order chi connectivity index (χ1) is 13.7. The maximum absolute atomic E-state index is 13.0. The number of hydrogen-bond donors (Lipinski definition) is 2. The molecule has 8 heteroatoms. The molecule has 0 aliphatic rings. The fourth-order valence-electron chi connectivity index (χ4n) is 2.74. The Bertz CT molecular complexity index is 900. The Labute approximate surface area is 187 Å². The molecule has 0 aliphatic heterocycles. The highest BCUT2D eigenvalue weighted by molar-refractivity contribution is 14.0. The molecular formula is C21H25FIN5O. The Balaban J connectivity index is 0.00000300. The molecule has 29 heavy (non-hydrogen) atoms. The molecule has 1 heterocycles. The molecule has 2 aromatic carbocycles. The molecule has 0 aliphatic carbocycles. The summed E-state index contributed by atoms with van der Waals surface area (Å²) in [6.07, 6.45) is 5.34. The Morgan fingerprint density at radius 3 is 2.62 bits per heavy atom. The lowest BCUT2D eigenvalue weighted by molar-refractivity contribution is 0.223. The van der Waals surface area contributed by atoms with Gasteiger partial charge in [0.05, 0.1) is 18.6 Å². The van der Waals surface area contributed by atoms with Crippen LogP contribution in [0, 0.1) is 5.82 Å². The Kier molecular flexibility index (Phi) is 8.91. The van der Waals surface area contributed by atoms with Crippen LogP contribution in [-0.2, 0) is 6.54 Å². The predicted molar refractivity (Wildman–Crippen MR) is 124 cm³/mol. The first kappa shape index (κ1) is 22.7. The third-order valence-electron chi connectivity index (χ3n) is 4.15. The average Bonchev–Trinajstić information content (AvgIpc) is 3.25. The summed E-state index contributed by atoms with van der Waals surface area (Å²) in [6, 6.07) is 14.1. The largest absolute Gasteiger partial charge is 0.489 e. The van der Waals surface area contributed by atoms with Crippen LogP contribution in [0.3, 0.4) is 0 Å². The Hall–Kier alpha value is -2.62. The van der Waals surface area contributed by atoms with E-state index in [0.717, 1.165) is 11.3 Å². The monoisotopic (exact) mass is 509 g/mol. The van der Waals surface area contributed by atoms with Crippen molar-refractivity contribution in [1.82, 2.24) is 20.2 Å². The van der Waals surface area contributed by atoms with Crippen molar-refractivity contribution in [3.63, 3.8) is 0 Å². The van der Waals surface area contributed by atoms with E-state index in [4.69, 9.17) is 4.74 Å². The lowest BCUT2D eigenvalue weighted by Gasteiger charge is -2.18. The second-order valence-electron chi connectivity index (χ2n) is 6.29. The van der Waals surface area contributed by atoms with E-state index in [1.165, 1.54) is 12.1 Å². The van der Waals surface area contributed by atoms with Gasteiger partial charge in [0.25, 0.3) is 0 Å². The van der Waals surface area contributed by atoms with E-state index in [1.807, 2.05) is 35.9 Å². The van der Waals surface area contributed by atoms with Gasteiger partial charge in [-0.05, 0) is 42.8 Å². The molecule has 0 radical (unpaired) electrons. The normalized spacial score (nSPS) is 12.0. The van der Waals surface area contributed by atoms with E-state index >= 15 is 0 Å². The van der Waals surface area contributed by atoms with Gasteiger partial charge in [-0.2, -0.15) is 0 Å². The first-order valence-corrected chi connectivity index (χ1v) is 9.08. The number of nitrogens with zero attached hydrogens (tertiary/aromatic N) is 3. The third-order valence-corrected chi connectivity index (χ3v) is 4.15. The van der Waals surface area contributed by atoms with E-state index in [-0.39, 0.29) is 35.9 Å². The maximum Gasteiger partial charge on any atom is 0.191 e. The van der Waals surface area contributed by atoms with Crippen molar-refractivity contribution in [3.05, 3.63) is 78.6 Å². The summed E-state index contributed by atoms with van der Waals surface area (Å²) in [5, 5.41) is 6.56. The SMILES string of the molecule is CN=C(NCc1ccccc1-n1ccnc1)NCC(C)Oc1ccc(F)cc1.I. The summed E-state index contributed by atoms with van der Waals surface area (Å²) in [4.78, 5) is 8.37. The maximum atomic E-state index is 13.0. The highest BCUT2D eigenvalue weighted by Gasteiger charge is 2.08. The van der Waals surface area contributed by atoms with Gasteiger partial charge < -0.3 is 19.9 Å². The van der Waals surface area contributed by atoms with Crippen molar-refractivity contribution in [1.29, 1.82) is 0 Å². The first-order valence-electron chi connectivity index (χ1n) is 9.08. The van der Waals surface area contributed by atoms with Gasteiger partial charge in [-0.25, -0.2) is 9.37 Å². The molecule has 1 unspecified atom stereocenters. The van der Waals surface area contributed by atoms with E-state index in [0.29, 0.717) is 24.8 Å². The van der Waals surface area contributed by atoms with Crippen molar-refractivity contribution in [2.24, 2.45) is 4.99 Å². The number of nitrogens with one attached hydrogen (secondary N) is 2. The van der Waals surface area contributed by atoms with Crippen LogP contribution in [-0.4, -0.2) is 35.2 Å². The number of ether oxygens (including phenoxy) is 1. The molecule has 1 atom stereocenters. The van der Waals surface area contributed by atoms with Gasteiger partial charge in [-0.15, -0.1) is 24.0 Å². The highest BCUT2D eigenvalue weighted by Crippen LogP contribution is 2.14. The minimum absolute atomic E-state index is 0. The van der Waals surface area contributed by atoms with Gasteiger partial charge >= 0.3 is 0 Å². The molecular weight excluding hydrogens is 484 g/mol.